The summed E-state index contributed by atoms with van der Waals surface area (Å²) in [6.07, 6.45) is 0.233. The first-order valence-electron chi connectivity index (χ1n) is 7.01. The van der Waals surface area contributed by atoms with Crippen molar-refractivity contribution in [2.45, 2.75) is 26.4 Å². The second kappa shape index (κ2) is 7.65. The molecule has 2 aromatic carbocycles. The van der Waals surface area contributed by atoms with Gasteiger partial charge in [0.2, 0.25) is 0 Å². The number of carbonyl (C=O) groups is 1. The van der Waals surface area contributed by atoms with Crippen LogP contribution in [0.2, 0.25) is 5.02 Å². The molecule has 0 saturated carbocycles. The molecule has 0 heterocycles. The lowest BCUT2D eigenvalue weighted by Crippen LogP contribution is -2.30. The molecule has 2 aromatic rings. The number of nitrogens with one attached hydrogen (secondary N) is 1. The molecule has 1 amide bonds. The standard InChI is InChI=1S/C17H17BrClNO2/c1-3-12-6-4-5-7-15(12)20-17(21)11(2)22-16-9-8-13(19)10-14(16)18/h4-11H,3H2,1-2H3,(H,20,21). The number of hydrogen-bond acceptors (Lipinski definition) is 2. The van der Waals surface area contributed by atoms with E-state index in [1.165, 1.54) is 0 Å². The van der Waals surface area contributed by atoms with Crippen molar-refractivity contribution in [2.24, 2.45) is 0 Å². The van der Waals surface area contributed by atoms with Crippen LogP contribution in [-0.4, -0.2) is 12.0 Å². The minimum atomic E-state index is -0.623. The number of anilines is 1. The van der Waals surface area contributed by atoms with Gasteiger partial charge in [0.25, 0.3) is 5.91 Å². The van der Waals surface area contributed by atoms with Gasteiger partial charge in [-0.15, -0.1) is 0 Å². The van der Waals surface area contributed by atoms with E-state index >= 15 is 0 Å². The van der Waals surface area contributed by atoms with Gasteiger partial charge in [0, 0.05) is 10.7 Å². The third-order valence-corrected chi connectivity index (χ3v) is 4.08. The predicted octanol–water partition coefficient (Wildman–Crippen LogP) is 5.07. The summed E-state index contributed by atoms with van der Waals surface area (Å²) in [4.78, 5) is 12.3. The molecule has 5 heteroatoms. The molecule has 1 unspecified atom stereocenters. The summed E-state index contributed by atoms with van der Waals surface area (Å²) in [5, 5.41) is 3.51. The molecule has 22 heavy (non-hydrogen) atoms. The topological polar surface area (TPSA) is 38.3 Å². The van der Waals surface area contributed by atoms with E-state index in [0.717, 1.165) is 17.7 Å². The van der Waals surface area contributed by atoms with Crippen LogP contribution in [0.3, 0.4) is 0 Å². The second-order valence-electron chi connectivity index (χ2n) is 4.83. The summed E-state index contributed by atoms with van der Waals surface area (Å²) in [5.74, 6) is 0.388. The van der Waals surface area contributed by atoms with E-state index < -0.39 is 6.10 Å². The van der Waals surface area contributed by atoms with Crippen molar-refractivity contribution in [3.8, 4) is 5.75 Å². The quantitative estimate of drug-likeness (QED) is 0.784. The van der Waals surface area contributed by atoms with Crippen molar-refractivity contribution in [1.29, 1.82) is 0 Å². The number of aryl methyl sites for hydroxylation is 1. The zero-order valence-electron chi connectivity index (χ0n) is 12.4. The number of hydrogen-bond donors (Lipinski definition) is 1. The molecule has 0 aliphatic rings. The van der Waals surface area contributed by atoms with Gasteiger partial charge < -0.3 is 10.1 Å². The third kappa shape index (κ3) is 4.24. The van der Waals surface area contributed by atoms with E-state index in [4.69, 9.17) is 16.3 Å². The van der Waals surface area contributed by atoms with Crippen molar-refractivity contribution in [1.82, 2.24) is 0 Å². The van der Waals surface area contributed by atoms with Gasteiger partial charge in [-0.2, -0.15) is 0 Å². The lowest BCUT2D eigenvalue weighted by Gasteiger charge is -2.17. The summed E-state index contributed by atoms with van der Waals surface area (Å²) >= 11 is 9.27. The van der Waals surface area contributed by atoms with Crippen molar-refractivity contribution in [3.63, 3.8) is 0 Å². The van der Waals surface area contributed by atoms with Gasteiger partial charge in [0.05, 0.1) is 4.47 Å². The van der Waals surface area contributed by atoms with Crippen LogP contribution >= 0.6 is 27.5 Å². The molecule has 3 nitrogen and oxygen atoms in total. The Bertz CT molecular complexity index is 675. The molecular weight excluding hydrogens is 366 g/mol. The Hall–Kier alpha value is -1.52. The Morgan fingerprint density at radius 2 is 2.05 bits per heavy atom. The SMILES string of the molecule is CCc1ccccc1NC(=O)C(C)Oc1ccc(Cl)cc1Br. The highest BCUT2D eigenvalue weighted by Gasteiger charge is 2.17. The van der Waals surface area contributed by atoms with E-state index in [0.29, 0.717) is 15.2 Å². The van der Waals surface area contributed by atoms with Crippen molar-refractivity contribution < 1.29 is 9.53 Å². The smallest absolute Gasteiger partial charge is 0.265 e. The van der Waals surface area contributed by atoms with Gasteiger partial charge in [0.15, 0.2) is 6.10 Å². The number of ether oxygens (including phenoxy) is 1. The van der Waals surface area contributed by atoms with Crippen LogP contribution in [0, 0.1) is 0 Å². The minimum Gasteiger partial charge on any atom is -0.480 e. The van der Waals surface area contributed by atoms with Crippen LogP contribution in [0.4, 0.5) is 5.69 Å². The average molecular weight is 383 g/mol. The molecule has 2 rings (SSSR count). The number of benzene rings is 2. The van der Waals surface area contributed by atoms with Gasteiger partial charge >= 0.3 is 0 Å². The number of rotatable bonds is 5. The zero-order chi connectivity index (χ0) is 16.1. The lowest BCUT2D eigenvalue weighted by atomic mass is 10.1. The highest BCUT2D eigenvalue weighted by atomic mass is 79.9. The summed E-state index contributed by atoms with van der Waals surface area (Å²) < 4.78 is 6.41. The van der Waals surface area contributed by atoms with Gasteiger partial charge in [0.1, 0.15) is 5.75 Å². The van der Waals surface area contributed by atoms with Gasteiger partial charge in [-0.1, -0.05) is 36.7 Å². The highest BCUT2D eigenvalue weighted by molar-refractivity contribution is 9.10. The molecule has 0 aliphatic heterocycles. The molecule has 0 aliphatic carbocycles. The summed E-state index contributed by atoms with van der Waals surface area (Å²) in [7, 11) is 0. The molecule has 0 radical (unpaired) electrons. The Morgan fingerprint density at radius 1 is 1.32 bits per heavy atom. The van der Waals surface area contributed by atoms with E-state index in [1.54, 1.807) is 25.1 Å². The van der Waals surface area contributed by atoms with E-state index in [9.17, 15) is 4.79 Å². The van der Waals surface area contributed by atoms with Crippen LogP contribution in [0.25, 0.3) is 0 Å². The van der Waals surface area contributed by atoms with Crippen LogP contribution in [0.1, 0.15) is 19.4 Å². The zero-order valence-corrected chi connectivity index (χ0v) is 14.7. The maximum Gasteiger partial charge on any atom is 0.265 e. The van der Waals surface area contributed by atoms with Crippen LogP contribution < -0.4 is 10.1 Å². The van der Waals surface area contributed by atoms with Gasteiger partial charge in [-0.25, -0.2) is 0 Å². The fourth-order valence-electron chi connectivity index (χ4n) is 2.00. The second-order valence-corrected chi connectivity index (χ2v) is 6.13. The molecule has 0 spiro atoms. The fraction of sp³-hybridized carbons (Fsp3) is 0.235. The molecule has 0 saturated heterocycles. The summed E-state index contributed by atoms with van der Waals surface area (Å²) in [6, 6.07) is 12.9. The van der Waals surface area contributed by atoms with Crippen molar-refractivity contribution in [3.05, 3.63) is 57.5 Å². The highest BCUT2D eigenvalue weighted by Crippen LogP contribution is 2.29. The summed E-state index contributed by atoms with van der Waals surface area (Å²) in [6.45, 7) is 3.76. The fourth-order valence-corrected chi connectivity index (χ4v) is 2.78. The van der Waals surface area contributed by atoms with E-state index in [-0.39, 0.29) is 5.91 Å². The first-order chi connectivity index (χ1) is 10.5. The predicted molar refractivity (Wildman–Crippen MR) is 93.7 cm³/mol. The molecule has 0 bridgehead atoms. The maximum absolute atomic E-state index is 12.3. The average Bonchev–Trinajstić information content (AvgIpc) is 2.50. The van der Waals surface area contributed by atoms with E-state index in [1.807, 2.05) is 24.3 Å². The maximum atomic E-state index is 12.3. The van der Waals surface area contributed by atoms with Crippen molar-refractivity contribution >= 4 is 39.1 Å². The Morgan fingerprint density at radius 3 is 2.73 bits per heavy atom. The Labute approximate surface area is 143 Å². The van der Waals surface area contributed by atoms with Crippen LogP contribution in [0.15, 0.2) is 46.9 Å². The molecule has 1 atom stereocenters. The summed E-state index contributed by atoms with van der Waals surface area (Å²) in [5.41, 5.74) is 1.91. The largest absolute Gasteiger partial charge is 0.480 e. The lowest BCUT2D eigenvalue weighted by molar-refractivity contribution is -0.122. The van der Waals surface area contributed by atoms with Crippen LogP contribution in [-0.2, 0) is 11.2 Å². The molecular formula is C17H17BrClNO2. The number of carbonyl (C=O) groups excluding carboxylic acids is 1. The van der Waals surface area contributed by atoms with Gasteiger partial charge in [-0.3, -0.25) is 4.79 Å². The van der Waals surface area contributed by atoms with Crippen molar-refractivity contribution in [2.75, 3.05) is 5.32 Å². The van der Waals surface area contributed by atoms with E-state index in [2.05, 4.69) is 28.2 Å². The minimum absolute atomic E-state index is 0.192. The molecule has 116 valence electrons. The Kier molecular flexibility index (Phi) is 5.86. The Balaban J connectivity index is 2.06. The number of para-hydroxylation sites is 1. The monoisotopic (exact) mass is 381 g/mol. The number of amides is 1. The molecule has 1 N–H and O–H groups in total. The third-order valence-electron chi connectivity index (χ3n) is 3.22. The first kappa shape index (κ1) is 16.8. The van der Waals surface area contributed by atoms with Crippen LogP contribution in [0.5, 0.6) is 5.75 Å². The molecule has 0 aromatic heterocycles. The van der Waals surface area contributed by atoms with Gasteiger partial charge in [-0.05, 0) is 59.1 Å². The number of halogens is 2. The molecule has 0 fully saturated rings. The normalized spacial score (nSPS) is 11.8. The first-order valence-corrected chi connectivity index (χ1v) is 8.18.